The van der Waals surface area contributed by atoms with Crippen molar-refractivity contribution in [1.29, 1.82) is 0 Å². The van der Waals surface area contributed by atoms with Gasteiger partial charge in [-0.1, -0.05) is 36.4 Å². The van der Waals surface area contributed by atoms with Gasteiger partial charge in [-0.25, -0.2) is 0 Å². The van der Waals surface area contributed by atoms with Gasteiger partial charge in [-0.05, 0) is 53.9 Å². The number of fused-ring (bicyclic) bond motifs is 1. The lowest BCUT2D eigenvalue weighted by molar-refractivity contribution is -0.123. The lowest BCUT2D eigenvalue weighted by Gasteiger charge is -2.13. The highest BCUT2D eigenvalue weighted by molar-refractivity contribution is 6.02. The summed E-state index contributed by atoms with van der Waals surface area (Å²) in [5, 5.41) is 1.86. The fourth-order valence-electron chi connectivity index (χ4n) is 2.80. The number of carbonyl (C=O) groups is 2. The Bertz CT molecular complexity index is 1030. The average molecular weight is 378 g/mol. The van der Waals surface area contributed by atoms with Gasteiger partial charge in [0.15, 0.2) is 6.61 Å². The van der Waals surface area contributed by atoms with Gasteiger partial charge in [0, 0.05) is 0 Å². The Balaban J connectivity index is 1.62. The number of methoxy groups -OCH3 is 1. The van der Waals surface area contributed by atoms with Crippen LogP contribution in [0.3, 0.4) is 0 Å². The molecule has 0 heterocycles. The molecule has 6 nitrogen and oxygen atoms in total. The number of hydrogen-bond acceptors (Lipinski definition) is 4. The number of rotatable bonds is 5. The van der Waals surface area contributed by atoms with Gasteiger partial charge in [0.05, 0.1) is 12.7 Å². The topological polar surface area (TPSA) is 76.7 Å². The minimum atomic E-state index is -0.470. The molecular weight excluding hydrogens is 356 g/mol. The predicted octanol–water partition coefficient (Wildman–Crippen LogP) is 3.31. The van der Waals surface area contributed by atoms with E-state index in [4.69, 9.17) is 9.47 Å². The maximum Gasteiger partial charge on any atom is 0.276 e. The van der Waals surface area contributed by atoms with Gasteiger partial charge < -0.3 is 9.47 Å². The summed E-state index contributed by atoms with van der Waals surface area (Å²) in [4.78, 5) is 24.5. The molecule has 6 heteroatoms. The average Bonchev–Trinajstić information content (AvgIpc) is 2.71. The van der Waals surface area contributed by atoms with Crippen molar-refractivity contribution in [3.05, 3.63) is 71.3 Å². The number of nitrogens with one attached hydrogen (secondary N) is 2. The van der Waals surface area contributed by atoms with E-state index in [0.717, 1.165) is 21.9 Å². The number of aryl methyl sites for hydroxylation is 2. The van der Waals surface area contributed by atoms with Crippen molar-refractivity contribution in [3.63, 3.8) is 0 Å². The molecule has 3 rings (SSSR count). The fraction of sp³-hybridized carbons (Fsp3) is 0.182. The first-order chi connectivity index (χ1) is 13.5. The smallest absolute Gasteiger partial charge is 0.276 e. The van der Waals surface area contributed by atoms with Gasteiger partial charge >= 0.3 is 0 Å². The molecule has 3 aromatic rings. The zero-order valence-corrected chi connectivity index (χ0v) is 16.0. The minimum Gasteiger partial charge on any atom is -0.496 e. The Morgan fingerprint density at radius 3 is 2.32 bits per heavy atom. The largest absolute Gasteiger partial charge is 0.496 e. The van der Waals surface area contributed by atoms with E-state index in [1.807, 2.05) is 56.3 Å². The summed E-state index contributed by atoms with van der Waals surface area (Å²) >= 11 is 0. The molecule has 28 heavy (non-hydrogen) atoms. The van der Waals surface area contributed by atoms with Crippen LogP contribution in [0.5, 0.6) is 11.5 Å². The summed E-state index contributed by atoms with van der Waals surface area (Å²) in [5.41, 5.74) is 7.07. The SMILES string of the molecule is COc1cc2ccccc2cc1C(=O)NNC(=O)COc1cc(C)ccc1C. The van der Waals surface area contributed by atoms with Gasteiger partial charge in [0.1, 0.15) is 11.5 Å². The second-order valence-corrected chi connectivity index (χ2v) is 6.46. The summed E-state index contributed by atoms with van der Waals surface area (Å²) in [6, 6.07) is 16.9. The molecule has 0 aliphatic rings. The molecule has 0 unspecified atom stereocenters. The summed E-state index contributed by atoms with van der Waals surface area (Å²) in [6.07, 6.45) is 0. The molecule has 2 amide bonds. The molecule has 0 saturated carbocycles. The highest BCUT2D eigenvalue weighted by Gasteiger charge is 2.15. The zero-order valence-electron chi connectivity index (χ0n) is 16.0. The van der Waals surface area contributed by atoms with Crippen molar-refractivity contribution < 1.29 is 19.1 Å². The molecule has 3 aromatic carbocycles. The Hall–Kier alpha value is -3.54. The zero-order chi connectivity index (χ0) is 20.1. The van der Waals surface area contributed by atoms with E-state index in [1.54, 1.807) is 12.1 Å². The first-order valence-corrected chi connectivity index (χ1v) is 8.84. The van der Waals surface area contributed by atoms with Gasteiger partial charge in [-0.15, -0.1) is 0 Å². The number of amides is 2. The Kier molecular flexibility index (Phi) is 5.79. The first-order valence-electron chi connectivity index (χ1n) is 8.84. The monoisotopic (exact) mass is 378 g/mol. The van der Waals surface area contributed by atoms with Gasteiger partial charge in [-0.2, -0.15) is 0 Å². The van der Waals surface area contributed by atoms with Crippen LogP contribution in [0.2, 0.25) is 0 Å². The molecule has 0 aromatic heterocycles. The fourth-order valence-corrected chi connectivity index (χ4v) is 2.80. The number of hydrazine groups is 1. The number of ether oxygens (including phenoxy) is 2. The number of hydrogen-bond donors (Lipinski definition) is 2. The van der Waals surface area contributed by atoms with Crippen molar-refractivity contribution in [3.8, 4) is 11.5 Å². The van der Waals surface area contributed by atoms with E-state index in [9.17, 15) is 9.59 Å². The normalized spacial score (nSPS) is 10.4. The molecule has 0 atom stereocenters. The molecule has 0 spiro atoms. The summed E-state index contributed by atoms with van der Waals surface area (Å²) < 4.78 is 10.8. The molecule has 0 fully saturated rings. The van der Waals surface area contributed by atoms with E-state index >= 15 is 0 Å². The molecule has 0 aliphatic heterocycles. The molecule has 0 bridgehead atoms. The van der Waals surface area contributed by atoms with Crippen molar-refractivity contribution in [2.45, 2.75) is 13.8 Å². The first kappa shape index (κ1) is 19.2. The van der Waals surface area contributed by atoms with Crippen molar-refractivity contribution >= 4 is 22.6 Å². The van der Waals surface area contributed by atoms with E-state index < -0.39 is 11.8 Å². The lowest BCUT2D eigenvalue weighted by Crippen LogP contribution is -2.44. The second kappa shape index (κ2) is 8.43. The van der Waals surface area contributed by atoms with Gasteiger partial charge in [0.25, 0.3) is 11.8 Å². The second-order valence-electron chi connectivity index (χ2n) is 6.46. The maximum absolute atomic E-state index is 12.5. The molecule has 0 aliphatic carbocycles. The third-order valence-corrected chi connectivity index (χ3v) is 4.33. The highest BCUT2D eigenvalue weighted by Crippen LogP contribution is 2.25. The number of carbonyl (C=O) groups excluding carboxylic acids is 2. The molecule has 0 saturated heterocycles. The quantitative estimate of drug-likeness (QED) is 0.668. The van der Waals surface area contributed by atoms with E-state index in [2.05, 4.69) is 10.9 Å². The Morgan fingerprint density at radius 1 is 0.893 bits per heavy atom. The standard InChI is InChI=1S/C22H22N2O4/c1-14-8-9-15(2)19(10-14)28-13-21(25)23-24-22(26)18-11-16-6-4-5-7-17(16)12-20(18)27-3/h4-12H,13H2,1-3H3,(H,23,25)(H,24,26). The Morgan fingerprint density at radius 2 is 1.61 bits per heavy atom. The summed E-state index contributed by atoms with van der Waals surface area (Å²) in [5.74, 6) is 0.131. The molecule has 0 radical (unpaired) electrons. The lowest BCUT2D eigenvalue weighted by atomic mass is 10.1. The molecule has 144 valence electrons. The molecule has 2 N–H and O–H groups in total. The van der Waals surface area contributed by atoms with E-state index in [-0.39, 0.29) is 6.61 Å². The maximum atomic E-state index is 12.5. The van der Waals surface area contributed by atoms with Crippen LogP contribution < -0.4 is 20.3 Å². The van der Waals surface area contributed by atoms with Crippen molar-refractivity contribution in [2.75, 3.05) is 13.7 Å². The van der Waals surface area contributed by atoms with Crippen LogP contribution in [0.4, 0.5) is 0 Å². The van der Waals surface area contributed by atoms with Crippen LogP contribution in [0, 0.1) is 13.8 Å². The third-order valence-electron chi connectivity index (χ3n) is 4.33. The Labute approximate surface area is 163 Å². The van der Waals surface area contributed by atoms with E-state index in [1.165, 1.54) is 7.11 Å². The van der Waals surface area contributed by atoms with Crippen LogP contribution in [0.25, 0.3) is 10.8 Å². The van der Waals surface area contributed by atoms with Crippen molar-refractivity contribution in [1.82, 2.24) is 10.9 Å². The van der Waals surface area contributed by atoms with Crippen LogP contribution in [0.15, 0.2) is 54.6 Å². The van der Waals surface area contributed by atoms with Crippen LogP contribution in [0.1, 0.15) is 21.5 Å². The predicted molar refractivity (Wildman–Crippen MR) is 108 cm³/mol. The number of benzene rings is 3. The third kappa shape index (κ3) is 4.40. The van der Waals surface area contributed by atoms with Crippen LogP contribution in [-0.4, -0.2) is 25.5 Å². The summed E-state index contributed by atoms with van der Waals surface area (Å²) in [6.45, 7) is 3.64. The van der Waals surface area contributed by atoms with Crippen molar-refractivity contribution in [2.24, 2.45) is 0 Å². The van der Waals surface area contributed by atoms with E-state index in [0.29, 0.717) is 17.1 Å². The van der Waals surface area contributed by atoms with Gasteiger partial charge in [-0.3, -0.25) is 20.4 Å². The van der Waals surface area contributed by atoms with Crippen LogP contribution >= 0.6 is 0 Å². The van der Waals surface area contributed by atoms with Gasteiger partial charge in [0.2, 0.25) is 0 Å². The molecular formula is C22H22N2O4. The highest BCUT2D eigenvalue weighted by atomic mass is 16.5. The summed E-state index contributed by atoms with van der Waals surface area (Å²) in [7, 11) is 1.50. The van der Waals surface area contributed by atoms with Crippen LogP contribution in [-0.2, 0) is 4.79 Å². The minimum absolute atomic E-state index is 0.209.